The second kappa shape index (κ2) is 5.66. The first-order chi connectivity index (χ1) is 9.71. The van der Waals surface area contributed by atoms with Crippen molar-refractivity contribution >= 4 is 38.8 Å². The number of fused-ring (bicyclic) bond motifs is 1. The molecule has 0 radical (unpaired) electrons. The summed E-state index contributed by atoms with van der Waals surface area (Å²) in [6, 6.07) is 4.75. The van der Waals surface area contributed by atoms with E-state index in [2.05, 4.69) is 13.5 Å². The number of hydrogen-bond acceptors (Lipinski definition) is 6. The van der Waals surface area contributed by atoms with E-state index in [1.54, 1.807) is 26.0 Å². The molecule has 1 heterocycles. The van der Waals surface area contributed by atoms with E-state index >= 15 is 0 Å². The second-order valence-corrected chi connectivity index (χ2v) is 7.45. The van der Waals surface area contributed by atoms with Gasteiger partial charge in [0.05, 0.1) is 11.7 Å². The number of rotatable bonds is 6. The molecule has 21 heavy (non-hydrogen) atoms. The van der Waals surface area contributed by atoms with E-state index < -0.39 is 21.5 Å². The number of aromatic nitrogens is 2. The van der Waals surface area contributed by atoms with Crippen LogP contribution in [0.1, 0.15) is 26.7 Å². The molecule has 0 atom stereocenters. The van der Waals surface area contributed by atoms with Gasteiger partial charge in [0.25, 0.3) is 0 Å². The Morgan fingerprint density at radius 1 is 1.38 bits per heavy atom. The molecule has 0 unspecified atom stereocenters. The average Bonchev–Trinajstić information content (AvgIpc) is 2.83. The molecule has 0 amide bonds. The molecule has 114 valence electrons. The largest absolute Gasteiger partial charge is 0.481 e. The van der Waals surface area contributed by atoms with Crippen molar-refractivity contribution < 1.29 is 18.3 Å². The summed E-state index contributed by atoms with van der Waals surface area (Å²) in [7, 11) is -3.80. The lowest BCUT2D eigenvalue weighted by molar-refractivity contribution is -0.137. The normalized spacial score (nSPS) is 12.7. The molecular weight excluding hydrogens is 314 g/mol. The van der Waals surface area contributed by atoms with Gasteiger partial charge in [0, 0.05) is 12.0 Å². The topological polar surface area (TPSA) is 109 Å². The zero-order valence-corrected chi connectivity index (χ0v) is 13.2. The smallest absolute Gasteiger partial charge is 0.303 e. The van der Waals surface area contributed by atoms with Crippen molar-refractivity contribution in [2.45, 2.75) is 37.1 Å². The highest BCUT2D eigenvalue weighted by Gasteiger charge is 2.28. The molecule has 7 nitrogen and oxygen atoms in total. The van der Waals surface area contributed by atoms with Crippen LogP contribution in [-0.4, -0.2) is 33.8 Å². The van der Waals surface area contributed by atoms with Crippen LogP contribution in [-0.2, 0) is 14.8 Å². The third-order valence-electron chi connectivity index (χ3n) is 2.91. The quantitative estimate of drug-likeness (QED) is 0.833. The van der Waals surface area contributed by atoms with Crippen LogP contribution in [0.3, 0.4) is 0 Å². The maximum Gasteiger partial charge on any atom is 0.303 e. The molecule has 0 aliphatic carbocycles. The molecule has 0 aliphatic heterocycles. The van der Waals surface area contributed by atoms with Crippen LogP contribution < -0.4 is 4.72 Å². The minimum Gasteiger partial charge on any atom is -0.481 e. The number of aliphatic carboxylic acids is 1. The van der Waals surface area contributed by atoms with Crippen LogP contribution in [0.5, 0.6) is 0 Å². The van der Waals surface area contributed by atoms with E-state index in [1.165, 1.54) is 6.07 Å². The van der Waals surface area contributed by atoms with Crippen molar-refractivity contribution in [3.05, 3.63) is 18.2 Å². The summed E-state index contributed by atoms with van der Waals surface area (Å²) in [5.74, 6) is -0.965. The molecule has 0 spiro atoms. The minimum absolute atomic E-state index is 0.0529. The predicted octanol–water partition coefficient (Wildman–Crippen LogP) is 1.61. The van der Waals surface area contributed by atoms with Crippen LogP contribution in [0.4, 0.5) is 0 Å². The van der Waals surface area contributed by atoms with Crippen molar-refractivity contribution in [1.82, 2.24) is 13.5 Å². The third kappa shape index (κ3) is 3.74. The SMILES string of the molecule is CC(C)(CCC(=O)O)NS(=O)(=O)c1cccc2nsnc12. The van der Waals surface area contributed by atoms with E-state index in [1.807, 2.05) is 0 Å². The van der Waals surface area contributed by atoms with E-state index in [9.17, 15) is 13.2 Å². The first-order valence-corrected chi connectivity index (χ1v) is 8.40. The number of nitrogens with one attached hydrogen (secondary N) is 1. The fraction of sp³-hybridized carbons (Fsp3) is 0.417. The van der Waals surface area contributed by atoms with Crippen LogP contribution >= 0.6 is 11.7 Å². The number of carboxylic acid groups (broad SMARTS) is 1. The molecule has 0 fully saturated rings. The van der Waals surface area contributed by atoms with Gasteiger partial charge in [-0.1, -0.05) is 6.07 Å². The van der Waals surface area contributed by atoms with Gasteiger partial charge in [-0.2, -0.15) is 8.75 Å². The highest BCUT2D eigenvalue weighted by molar-refractivity contribution is 7.89. The van der Waals surface area contributed by atoms with Crippen LogP contribution in [0, 0.1) is 0 Å². The number of nitrogens with zero attached hydrogens (tertiary/aromatic N) is 2. The summed E-state index contributed by atoms with van der Waals surface area (Å²) in [5.41, 5.74) is -0.0294. The molecule has 1 aromatic heterocycles. The molecular formula is C12H15N3O4S2. The van der Waals surface area contributed by atoms with Crippen molar-refractivity contribution in [2.24, 2.45) is 0 Å². The van der Waals surface area contributed by atoms with Crippen molar-refractivity contribution in [3.8, 4) is 0 Å². The average molecular weight is 329 g/mol. The molecule has 0 bridgehead atoms. The molecule has 0 aliphatic rings. The number of sulfonamides is 1. The summed E-state index contributed by atoms with van der Waals surface area (Å²) in [6.45, 7) is 3.29. The summed E-state index contributed by atoms with van der Waals surface area (Å²) in [6.07, 6.45) is 0.0742. The maximum atomic E-state index is 12.5. The fourth-order valence-corrected chi connectivity index (χ4v) is 4.10. The Morgan fingerprint density at radius 2 is 2.10 bits per heavy atom. The summed E-state index contributed by atoms with van der Waals surface area (Å²) < 4.78 is 35.5. The molecule has 2 aromatic rings. The van der Waals surface area contributed by atoms with Crippen molar-refractivity contribution in [1.29, 1.82) is 0 Å². The minimum atomic E-state index is -3.80. The Labute approximate surface area is 126 Å². The summed E-state index contributed by atoms with van der Waals surface area (Å²) in [4.78, 5) is 10.7. The molecule has 9 heteroatoms. The fourth-order valence-electron chi connectivity index (χ4n) is 1.89. The van der Waals surface area contributed by atoms with Gasteiger partial charge < -0.3 is 5.11 Å². The Morgan fingerprint density at radius 3 is 2.76 bits per heavy atom. The highest BCUT2D eigenvalue weighted by atomic mass is 32.2. The lowest BCUT2D eigenvalue weighted by atomic mass is 10.0. The van der Waals surface area contributed by atoms with E-state index in [-0.39, 0.29) is 17.7 Å². The first kappa shape index (κ1) is 15.8. The van der Waals surface area contributed by atoms with E-state index in [0.29, 0.717) is 11.0 Å². The van der Waals surface area contributed by atoms with Gasteiger partial charge in [0.15, 0.2) is 0 Å². The van der Waals surface area contributed by atoms with Crippen molar-refractivity contribution in [2.75, 3.05) is 0 Å². The number of carboxylic acids is 1. The molecule has 2 N–H and O–H groups in total. The summed E-state index contributed by atoms with van der Waals surface area (Å²) in [5, 5.41) is 8.71. The Bertz CT molecular complexity index is 768. The van der Waals surface area contributed by atoms with Gasteiger partial charge in [-0.05, 0) is 32.4 Å². The van der Waals surface area contributed by atoms with Gasteiger partial charge in [0.2, 0.25) is 10.0 Å². The Balaban J connectivity index is 2.30. The maximum absolute atomic E-state index is 12.5. The first-order valence-electron chi connectivity index (χ1n) is 6.18. The zero-order chi connectivity index (χ0) is 15.7. The third-order valence-corrected chi connectivity index (χ3v) is 5.19. The van der Waals surface area contributed by atoms with Crippen LogP contribution in [0.25, 0.3) is 11.0 Å². The monoisotopic (exact) mass is 329 g/mol. The van der Waals surface area contributed by atoms with Gasteiger partial charge in [0.1, 0.15) is 15.9 Å². The molecule has 1 aromatic carbocycles. The van der Waals surface area contributed by atoms with Gasteiger partial charge in [-0.3, -0.25) is 4.79 Å². The standard InChI is InChI=1S/C12H15N3O4S2/c1-12(2,7-6-10(16)17)15-21(18,19)9-5-3-4-8-11(9)14-20-13-8/h3-5,15H,6-7H2,1-2H3,(H,16,17). The van der Waals surface area contributed by atoms with Gasteiger partial charge >= 0.3 is 5.97 Å². The number of carbonyl (C=O) groups is 1. The van der Waals surface area contributed by atoms with Crippen LogP contribution in [0.15, 0.2) is 23.1 Å². The lowest BCUT2D eigenvalue weighted by Crippen LogP contribution is -2.43. The summed E-state index contributed by atoms with van der Waals surface area (Å²) >= 11 is 0.945. The van der Waals surface area contributed by atoms with Crippen molar-refractivity contribution in [3.63, 3.8) is 0 Å². The zero-order valence-electron chi connectivity index (χ0n) is 11.5. The highest BCUT2D eigenvalue weighted by Crippen LogP contribution is 2.23. The van der Waals surface area contributed by atoms with E-state index in [0.717, 1.165) is 11.7 Å². The Kier molecular flexibility index (Phi) is 4.26. The molecule has 0 saturated carbocycles. The molecule has 0 saturated heterocycles. The second-order valence-electron chi connectivity index (χ2n) is 5.27. The van der Waals surface area contributed by atoms with Crippen LogP contribution in [0.2, 0.25) is 0 Å². The number of benzene rings is 1. The predicted molar refractivity (Wildman–Crippen MR) is 78.7 cm³/mol. The van der Waals surface area contributed by atoms with E-state index in [4.69, 9.17) is 5.11 Å². The number of hydrogen-bond donors (Lipinski definition) is 2. The Hall–Kier alpha value is -1.58. The van der Waals surface area contributed by atoms with Gasteiger partial charge in [-0.25, -0.2) is 13.1 Å². The molecule has 2 rings (SSSR count). The lowest BCUT2D eigenvalue weighted by Gasteiger charge is -2.25. The van der Waals surface area contributed by atoms with Gasteiger partial charge in [-0.15, -0.1) is 0 Å².